The minimum Gasteiger partial charge on any atom is -0.0616 e. The average Bonchev–Trinajstić information content (AvgIpc) is 3.17. The van der Waals surface area contributed by atoms with Crippen LogP contribution in [0.2, 0.25) is 0 Å². The van der Waals surface area contributed by atoms with Crippen molar-refractivity contribution < 1.29 is 0 Å². The van der Waals surface area contributed by atoms with Crippen LogP contribution in [0.25, 0.3) is 54.6 Å². The predicted octanol–water partition coefficient (Wildman–Crippen LogP) is 11.4. The molecule has 0 radical (unpaired) electrons. The SMILES string of the molecule is CC(C)c1ccc2c(c1)C(C)(C)c1cc(-c3cc4c5ccccc5c(C(C)C)cc4c4ccccc34)ccc1-2. The van der Waals surface area contributed by atoms with Gasteiger partial charge in [-0.05, 0) is 107 Å². The molecule has 1 aliphatic carbocycles. The molecule has 0 N–H and O–H groups in total. The van der Waals surface area contributed by atoms with Gasteiger partial charge >= 0.3 is 0 Å². The van der Waals surface area contributed by atoms with Gasteiger partial charge in [-0.1, -0.05) is 120 Å². The fourth-order valence-corrected chi connectivity index (χ4v) is 6.98. The van der Waals surface area contributed by atoms with Crippen molar-refractivity contribution >= 4 is 32.3 Å². The lowest BCUT2D eigenvalue weighted by Crippen LogP contribution is -2.15. The summed E-state index contributed by atoms with van der Waals surface area (Å²) < 4.78 is 0. The van der Waals surface area contributed by atoms with E-state index in [1.807, 2.05) is 0 Å². The second-order valence-corrected chi connectivity index (χ2v) is 12.6. The summed E-state index contributed by atoms with van der Waals surface area (Å²) in [6, 6.07) is 37.1. The smallest absolute Gasteiger partial charge is 0.0159 e. The Morgan fingerprint density at radius 2 is 1.03 bits per heavy atom. The molecule has 6 aromatic carbocycles. The zero-order chi connectivity index (χ0) is 27.1. The third-order valence-electron chi connectivity index (χ3n) is 9.21. The van der Waals surface area contributed by atoms with Crippen molar-refractivity contribution in [1.82, 2.24) is 0 Å². The molecule has 0 heteroatoms. The maximum Gasteiger partial charge on any atom is 0.0159 e. The number of hydrogen-bond donors (Lipinski definition) is 0. The number of hydrogen-bond acceptors (Lipinski definition) is 0. The molecular formula is C39H36. The van der Waals surface area contributed by atoms with Crippen LogP contribution in [0.5, 0.6) is 0 Å². The quantitative estimate of drug-likeness (QED) is 0.210. The number of benzene rings is 6. The Balaban J connectivity index is 1.51. The Kier molecular flexibility index (Phi) is 5.30. The maximum atomic E-state index is 2.47. The van der Waals surface area contributed by atoms with Gasteiger partial charge in [0.2, 0.25) is 0 Å². The van der Waals surface area contributed by atoms with Crippen molar-refractivity contribution in [3.05, 3.63) is 119 Å². The highest BCUT2D eigenvalue weighted by atomic mass is 14.4. The van der Waals surface area contributed by atoms with E-state index >= 15 is 0 Å². The molecule has 0 fully saturated rings. The Labute approximate surface area is 232 Å². The van der Waals surface area contributed by atoms with E-state index in [1.165, 1.54) is 76.8 Å². The van der Waals surface area contributed by atoms with E-state index in [2.05, 4.69) is 139 Å². The van der Waals surface area contributed by atoms with Gasteiger partial charge in [-0.15, -0.1) is 0 Å². The van der Waals surface area contributed by atoms with Crippen LogP contribution < -0.4 is 0 Å². The van der Waals surface area contributed by atoms with Crippen molar-refractivity contribution in [3.8, 4) is 22.3 Å². The summed E-state index contributed by atoms with van der Waals surface area (Å²) in [5.41, 5.74) is 11.1. The maximum absolute atomic E-state index is 2.47. The molecule has 192 valence electrons. The highest BCUT2D eigenvalue weighted by Gasteiger charge is 2.36. The van der Waals surface area contributed by atoms with Gasteiger partial charge in [0, 0.05) is 5.41 Å². The first kappa shape index (κ1) is 24.2. The summed E-state index contributed by atoms with van der Waals surface area (Å²) in [6.07, 6.45) is 0. The molecular weight excluding hydrogens is 468 g/mol. The molecule has 0 aromatic heterocycles. The molecule has 7 rings (SSSR count). The molecule has 39 heavy (non-hydrogen) atoms. The standard InChI is InChI=1S/C39H36/c1-23(2)25-15-17-31-32-18-16-26(20-38(32)39(5,6)37(31)19-25)34-22-36-29-13-9-7-11-27(29)33(24(3)4)21-35(36)30-14-10-8-12-28(30)34/h7-24H,1-6H3. The molecule has 0 saturated heterocycles. The third-order valence-corrected chi connectivity index (χ3v) is 9.21. The van der Waals surface area contributed by atoms with E-state index < -0.39 is 0 Å². The van der Waals surface area contributed by atoms with Gasteiger partial charge in [0.1, 0.15) is 0 Å². The van der Waals surface area contributed by atoms with Crippen molar-refractivity contribution in [3.63, 3.8) is 0 Å². The molecule has 0 saturated carbocycles. The van der Waals surface area contributed by atoms with Crippen LogP contribution in [0.1, 0.15) is 75.6 Å². The van der Waals surface area contributed by atoms with Gasteiger partial charge in [-0.2, -0.15) is 0 Å². The summed E-state index contributed by atoms with van der Waals surface area (Å²) >= 11 is 0. The Hall–Kier alpha value is -3.90. The molecule has 0 bridgehead atoms. The lowest BCUT2D eigenvalue weighted by molar-refractivity contribution is 0.658. The fourth-order valence-electron chi connectivity index (χ4n) is 6.98. The number of fused-ring (bicyclic) bond motifs is 8. The van der Waals surface area contributed by atoms with E-state index in [4.69, 9.17) is 0 Å². The zero-order valence-corrected chi connectivity index (χ0v) is 23.9. The van der Waals surface area contributed by atoms with Crippen LogP contribution in [-0.4, -0.2) is 0 Å². The van der Waals surface area contributed by atoms with Crippen LogP contribution >= 0.6 is 0 Å². The summed E-state index contributed by atoms with van der Waals surface area (Å²) in [4.78, 5) is 0. The zero-order valence-electron chi connectivity index (χ0n) is 23.9. The summed E-state index contributed by atoms with van der Waals surface area (Å²) in [5, 5.41) is 8.07. The highest BCUT2D eigenvalue weighted by Crippen LogP contribution is 2.51. The van der Waals surface area contributed by atoms with Gasteiger partial charge in [-0.3, -0.25) is 0 Å². The Morgan fingerprint density at radius 1 is 0.462 bits per heavy atom. The monoisotopic (exact) mass is 504 g/mol. The topological polar surface area (TPSA) is 0 Å². The van der Waals surface area contributed by atoms with Gasteiger partial charge in [0.25, 0.3) is 0 Å². The predicted molar refractivity (Wildman–Crippen MR) is 170 cm³/mol. The van der Waals surface area contributed by atoms with Crippen molar-refractivity contribution in [2.24, 2.45) is 0 Å². The van der Waals surface area contributed by atoms with E-state index in [1.54, 1.807) is 0 Å². The highest BCUT2D eigenvalue weighted by molar-refractivity contribution is 6.21. The van der Waals surface area contributed by atoms with Gasteiger partial charge in [0.15, 0.2) is 0 Å². The molecule has 0 atom stereocenters. The third kappa shape index (κ3) is 3.51. The van der Waals surface area contributed by atoms with Gasteiger partial charge in [0.05, 0.1) is 0 Å². The first-order chi connectivity index (χ1) is 18.8. The van der Waals surface area contributed by atoms with Crippen LogP contribution in [0.4, 0.5) is 0 Å². The second kappa shape index (κ2) is 8.55. The van der Waals surface area contributed by atoms with Gasteiger partial charge < -0.3 is 0 Å². The van der Waals surface area contributed by atoms with Crippen molar-refractivity contribution in [2.45, 2.75) is 58.8 Å². The Bertz CT molecular complexity index is 1930. The van der Waals surface area contributed by atoms with Crippen LogP contribution in [0.3, 0.4) is 0 Å². The van der Waals surface area contributed by atoms with Crippen molar-refractivity contribution in [2.75, 3.05) is 0 Å². The van der Waals surface area contributed by atoms with Crippen molar-refractivity contribution in [1.29, 1.82) is 0 Å². The van der Waals surface area contributed by atoms with Crippen LogP contribution in [0, 0.1) is 0 Å². The van der Waals surface area contributed by atoms with Crippen LogP contribution in [0.15, 0.2) is 97.1 Å². The average molecular weight is 505 g/mol. The minimum absolute atomic E-state index is 0.0307. The molecule has 1 aliphatic rings. The van der Waals surface area contributed by atoms with Gasteiger partial charge in [-0.25, -0.2) is 0 Å². The molecule has 0 amide bonds. The lowest BCUT2D eigenvalue weighted by Gasteiger charge is -2.23. The first-order valence-corrected chi connectivity index (χ1v) is 14.4. The van der Waals surface area contributed by atoms with E-state index in [0.29, 0.717) is 11.8 Å². The molecule has 0 aliphatic heterocycles. The molecule has 6 aromatic rings. The molecule has 0 heterocycles. The van der Waals surface area contributed by atoms with Crippen LogP contribution in [-0.2, 0) is 5.41 Å². The second-order valence-electron chi connectivity index (χ2n) is 12.6. The normalized spacial score (nSPS) is 14.1. The lowest BCUT2D eigenvalue weighted by atomic mass is 9.80. The van der Waals surface area contributed by atoms with E-state index in [-0.39, 0.29) is 5.41 Å². The summed E-state index contributed by atoms with van der Waals surface area (Å²) in [7, 11) is 0. The summed E-state index contributed by atoms with van der Waals surface area (Å²) in [6.45, 7) is 14.0. The fraction of sp³-hybridized carbons (Fsp3) is 0.231. The molecule has 0 nitrogen and oxygen atoms in total. The van der Waals surface area contributed by atoms with E-state index in [0.717, 1.165) is 0 Å². The van der Waals surface area contributed by atoms with E-state index in [9.17, 15) is 0 Å². The largest absolute Gasteiger partial charge is 0.0616 e. The summed E-state index contributed by atoms with van der Waals surface area (Å²) in [5.74, 6) is 0.995. The first-order valence-electron chi connectivity index (χ1n) is 14.4. The number of rotatable bonds is 3. The molecule has 0 spiro atoms. The minimum atomic E-state index is -0.0307. The molecule has 0 unspecified atom stereocenters. The Morgan fingerprint density at radius 3 is 1.69 bits per heavy atom.